The van der Waals surface area contributed by atoms with Gasteiger partial charge in [0.2, 0.25) is 0 Å². The van der Waals surface area contributed by atoms with Crippen LogP contribution in [0.2, 0.25) is 0 Å². The summed E-state index contributed by atoms with van der Waals surface area (Å²) in [6.07, 6.45) is 8.68. The average molecular weight is 195 g/mol. The largest absolute Gasteiger partial charge is 0.375 e. The van der Waals surface area contributed by atoms with Crippen LogP contribution >= 0.6 is 0 Å². The summed E-state index contributed by atoms with van der Waals surface area (Å²) in [4.78, 5) is 2.45. The zero-order valence-electron chi connectivity index (χ0n) is 10.2. The number of rotatable bonds is 2. The first-order valence-corrected chi connectivity index (χ1v) is 6.03. The molecule has 0 N–H and O–H groups in total. The Morgan fingerprint density at radius 3 is 2.50 bits per heavy atom. The lowest BCUT2D eigenvalue weighted by atomic mass is 9.87. The summed E-state index contributed by atoms with van der Waals surface area (Å²) >= 11 is 0. The summed E-state index contributed by atoms with van der Waals surface area (Å²) in [7, 11) is 0. The second kappa shape index (κ2) is 5.43. The maximum atomic E-state index is 2.45. The minimum Gasteiger partial charge on any atom is -0.375 e. The van der Waals surface area contributed by atoms with E-state index >= 15 is 0 Å². The van der Waals surface area contributed by atoms with Crippen molar-refractivity contribution in [1.82, 2.24) is 4.90 Å². The molecule has 1 atom stereocenters. The molecule has 1 aliphatic heterocycles. The molecule has 82 valence electrons. The molecule has 1 rings (SSSR count). The van der Waals surface area contributed by atoms with Crippen LogP contribution in [-0.4, -0.2) is 17.5 Å². The molecule has 0 saturated carbocycles. The van der Waals surface area contributed by atoms with Crippen molar-refractivity contribution in [2.24, 2.45) is 11.8 Å². The van der Waals surface area contributed by atoms with Crippen molar-refractivity contribution in [3.63, 3.8) is 0 Å². The smallest absolute Gasteiger partial charge is 0.0227 e. The maximum Gasteiger partial charge on any atom is 0.0227 e. The highest BCUT2D eigenvalue weighted by Gasteiger charge is 2.15. The van der Waals surface area contributed by atoms with Crippen molar-refractivity contribution < 1.29 is 0 Å². The fourth-order valence-corrected chi connectivity index (χ4v) is 2.14. The summed E-state index contributed by atoms with van der Waals surface area (Å²) in [6, 6.07) is 0.654. The van der Waals surface area contributed by atoms with Gasteiger partial charge in [0, 0.05) is 12.6 Å². The minimum absolute atomic E-state index is 0.654. The lowest BCUT2D eigenvalue weighted by Crippen LogP contribution is -2.28. The highest BCUT2D eigenvalue weighted by Crippen LogP contribution is 2.23. The van der Waals surface area contributed by atoms with Gasteiger partial charge in [0.15, 0.2) is 0 Å². The van der Waals surface area contributed by atoms with Gasteiger partial charge in [-0.3, -0.25) is 0 Å². The molecule has 1 nitrogen and oxygen atoms in total. The Hall–Kier alpha value is -0.460. The van der Waals surface area contributed by atoms with Crippen LogP contribution in [0, 0.1) is 11.8 Å². The Balaban J connectivity index is 2.50. The van der Waals surface area contributed by atoms with Crippen molar-refractivity contribution in [2.45, 2.75) is 53.0 Å². The SMILES string of the molecule is CC(C)C1C/C=C\N(C(C)C)CCC1. The quantitative estimate of drug-likeness (QED) is 0.650. The molecule has 0 amide bonds. The molecule has 0 saturated heterocycles. The molecule has 0 radical (unpaired) electrons. The molecule has 14 heavy (non-hydrogen) atoms. The third-order valence-electron chi connectivity index (χ3n) is 3.33. The van der Waals surface area contributed by atoms with E-state index in [0.29, 0.717) is 6.04 Å². The van der Waals surface area contributed by atoms with Gasteiger partial charge in [0.1, 0.15) is 0 Å². The van der Waals surface area contributed by atoms with Gasteiger partial charge in [-0.2, -0.15) is 0 Å². The number of hydrogen-bond acceptors (Lipinski definition) is 1. The highest BCUT2D eigenvalue weighted by molar-refractivity contribution is 4.89. The van der Waals surface area contributed by atoms with Crippen molar-refractivity contribution in [3.05, 3.63) is 12.3 Å². The third kappa shape index (κ3) is 3.36. The van der Waals surface area contributed by atoms with Gasteiger partial charge in [0.25, 0.3) is 0 Å². The Morgan fingerprint density at radius 1 is 1.21 bits per heavy atom. The predicted molar refractivity (Wildman–Crippen MR) is 63.2 cm³/mol. The van der Waals surface area contributed by atoms with Gasteiger partial charge in [0.05, 0.1) is 0 Å². The van der Waals surface area contributed by atoms with E-state index in [4.69, 9.17) is 0 Å². The number of hydrogen-bond donors (Lipinski definition) is 0. The van der Waals surface area contributed by atoms with E-state index in [1.165, 1.54) is 25.8 Å². The van der Waals surface area contributed by atoms with E-state index in [-0.39, 0.29) is 0 Å². The number of allylic oxidation sites excluding steroid dienone is 1. The van der Waals surface area contributed by atoms with Gasteiger partial charge >= 0.3 is 0 Å². The van der Waals surface area contributed by atoms with E-state index < -0.39 is 0 Å². The summed E-state index contributed by atoms with van der Waals surface area (Å²) in [5.74, 6) is 1.74. The van der Waals surface area contributed by atoms with Crippen LogP contribution in [0.15, 0.2) is 12.3 Å². The zero-order valence-corrected chi connectivity index (χ0v) is 10.2. The second-order valence-electron chi connectivity index (χ2n) is 5.10. The number of nitrogens with zero attached hydrogens (tertiary/aromatic N) is 1. The molecule has 1 unspecified atom stereocenters. The summed E-state index contributed by atoms with van der Waals surface area (Å²) in [5.41, 5.74) is 0. The van der Waals surface area contributed by atoms with Crippen LogP contribution in [0.5, 0.6) is 0 Å². The van der Waals surface area contributed by atoms with Crippen LogP contribution in [0.25, 0.3) is 0 Å². The van der Waals surface area contributed by atoms with E-state index in [2.05, 4.69) is 44.9 Å². The van der Waals surface area contributed by atoms with Crippen LogP contribution in [0.4, 0.5) is 0 Å². The molecule has 1 heterocycles. The molecule has 0 aromatic rings. The monoisotopic (exact) mass is 195 g/mol. The van der Waals surface area contributed by atoms with E-state index in [9.17, 15) is 0 Å². The molecule has 1 heteroatoms. The molecule has 0 fully saturated rings. The zero-order chi connectivity index (χ0) is 10.6. The van der Waals surface area contributed by atoms with Gasteiger partial charge < -0.3 is 4.90 Å². The molecule has 0 aromatic carbocycles. The van der Waals surface area contributed by atoms with Crippen LogP contribution < -0.4 is 0 Å². The normalized spacial score (nSPS) is 26.4. The Kier molecular flexibility index (Phi) is 4.50. The van der Waals surface area contributed by atoms with Gasteiger partial charge in [-0.05, 0) is 51.1 Å². The topological polar surface area (TPSA) is 3.24 Å². The lowest BCUT2D eigenvalue weighted by Gasteiger charge is -2.29. The fraction of sp³-hybridized carbons (Fsp3) is 0.846. The lowest BCUT2D eigenvalue weighted by molar-refractivity contribution is 0.264. The van der Waals surface area contributed by atoms with E-state index in [1.807, 2.05) is 0 Å². The third-order valence-corrected chi connectivity index (χ3v) is 3.33. The first-order valence-electron chi connectivity index (χ1n) is 6.03. The van der Waals surface area contributed by atoms with Crippen LogP contribution in [0.1, 0.15) is 47.0 Å². The summed E-state index contributed by atoms with van der Waals surface area (Å²) in [6.45, 7) is 10.5. The van der Waals surface area contributed by atoms with Crippen molar-refractivity contribution in [3.8, 4) is 0 Å². The van der Waals surface area contributed by atoms with Crippen molar-refractivity contribution in [1.29, 1.82) is 0 Å². The average Bonchev–Trinajstić information content (AvgIpc) is 2.01. The first-order chi connectivity index (χ1) is 6.61. The fourth-order valence-electron chi connectivity index (χ4n) is 2.14. The highest BCUT2D eigenvalue weighted by atomic mass is 15.1. The molecule has 0 spiro atoms. The van der Waals surface area contributed by atoms with E-state index in [1.54, 1.807) is 0 Å². The predicted octanol–water partition coefficient (Wildman–Crippen LogP) is 3.67. The Bertz CT molecular complexity index is 182. The minimum atomic E-state index is 0.654. The molecular formula is C13H25N. The van der Waals surface area contributed by atoms with Gasteiger partial charge in [-0.1, -0.05) is 19.9 Å². The molecule has 0 aromatic heterocycles. The summed E-state index contributed by atoms with van der Waals surface area (Å²) in [5, 5.41) is 0. The van der Waals surface area contributed by atoms with Crippen LogP contribution in [0.3, 0.4) is 0 Å². The molecule has 1 aliphatic rings. The van der Waals surface area contributed by atoms with Crippen LogP contribution in [-0.2, 0) is 0 Å². The second-order valence-corrected chi connectivity index (χ2v) is 5.10. The van der Waals surface area contributed by atoms with Crippen molar-refractivity contribution >= 4 is 0 Å². The van der Waals surface area contributed by atoms with Gasteiger partial charge in [-0.25, -0.2) is 0 Å². The van der Waals surface area contributed by atoms with Crippen molar-refractivity contribution in [2.75, 3.05) is 6.54 Å². The molecule has 0 aliphatic carbocycles. The molecule has 0 bridgehead atoms. The standard InChI is InChI=1S/C13H25N/c1-11(2)13-7-5-9-14(12(3)4)10-6-8-13/h5,9,11-13H,6-8,10H2,1-4H3/b9-5-. The Labute approximate surface area is 89.2 Å². The molecular weight excluding hydrogens is 170 g/mol. The first kappa shape index (κ1) is 11.6. The van der Waals surface area contributed by atoms with Gasteiger partial charge in [-0.15, -0.1) is 0 Å². The summed E-state index contributed by atoms with van der Waals surface area (Å²) < 4.78 is 0. The maximum absolute atomic E-state index is 2.45. The van der Waals surface area contributed by atoms with E-state index in [0.717, 1.165) is 11.8 Å². The Morgan fingerprint density at radius 2 is 1.93 bits per heavy atom.